The average molecular weight is 301 g/mol. The van der Waals surface area contributed by atoms with Gasteiger partial charge in [0.25, 0.3) is 5.91 Å². The number of carbonyl (C=O) groups is 1. The molecule has 0 spiro atoms. The summed E-state index contributed by atoms with van der Waals surface area (Å²) in [7, 11) is -4.92. The fourth-order valence-corrected chi connectivity index (χ4v) is 3.15. The first-order chi connectivity index (χ1) is 9.30. The molecule has 0 bridgehead atoms. The van der Waals surface area contributed by atoms with Gasteiger partial charge in [-0.2, -0.15) is 0 Å². The summed E-state index contributed by atoms with van der Waals surface area (Å²) >= 11 is 0. The van der Waals surface area contributed by atoms with Gasteiger partial charge < -0.3 is 14.9 Å². The predicted octanol–water partition coefficient (Wildman–Crippen LogP) is -1.62. The highest BCUT2D eigenvalue weighted by molar-refractivity contribution is 7.91. The molecule has 0 saturated carbocycles. The van der Waals surface area contributed by atoms with E-state index in [2.05, 4.69) is 0 Å². The van der Waals surface area contributed by atoms with E-state index in [1.165, 1.54) is 11.0 Å². The molecule has 2 N–H and O–H groups in total. The molecule has 1 aliphatic heterocycles. The van der Waals surface area contributed by atoms with E-state index in [1.54, 1.807) is 0 Å². The van der Waals surface area contributed by atoms with Gasteiger partial charge in [-0.25, -0.2) is 12.8 Å². The van der Waals surface area contributed by atoms with Gasteiger partial charge in [0.2, 0.25) is 0 Å². The van der Waals surface area contributed by atoms with Gasteiger partial charge in [-0.05, 0) is 17.6 Å². The lowest BCUT2D eigenvalue weighted by Gasteiger charge is -2.26. The molecule has 0 unspecified atom stereocenters. The maximum absolute atomic E-state index is 13.8. The summed E-state index contributed by atoms with van der Waals surface area (Å²) in [5.74, 6) is -1.73. The first kappa shape index (κ1) is 15.0. The predicted molar refractivity (Wildman–Crippen MR) is 70.8 cm³/mol. The molecule has 0 radical (unpaired) electrons. The van der Waals surface area contributed by atoms with Crippen LogP contribution in [0, 0.1) is 5.82 Å². The Morgan fingerprint density at radius 1 is 1.25 bits per heavy atom. The summed E-state index contributed by atoms with van der Waals surface area (Å²) in [5.41, 5.74) is -0.269. The van der Waals surface area contributed by atoms with E-state index in [-0.39, 0.29) is 35.6 Å². The summed E-state index contributed by atoms with van der Waals surface area (Å²) in [6, 6.07) is 3.27. The summed E-state index contributed by atoms with van der Waals surface area (Å²) in [6.07, 6.45) is 0. The average Bonchev–Trinajstić information content (AvgIpc) is 2.37. The van der Waals surface area contributed by atoms with Crippen molar-refractivity contribution < 1.29 is 27.7 Å². The largest absolute Gasteiger partial charge is 0.488 e. The van der Waals surface area contributed by atoms with Gasteiger partial charge in [0.15, 0.2) is 9.84 Å². The number of sulfone groups is 1. The second kappa shape index (κ2) is 5.51. The molecular formula is C11H13BFNO5S. The lowest BCUT2D eigenvalue weighted by molar-refractivity contribution is 0.0765. The Morgan fingerprint density at radius 2 is 1.85 bits per heavy atom. The van der Waals surface area contributed by atoms with Crippen LogP contribution in [0.15, 0.2) is 18.2 Å². The Bertz CT molecular complexity index is 620. The first-order valence-electron chi connectivity index (χ1n) is 5.95. The molecule has 0 atom stereocenters. The van der Waals surface area contributed by atoms with E-state index in [9.17, 15) is 17.6 Å². The number of halogens is 1. The molecule has 0 aromatic heterocycles. The Morgan fingerprint density at radius 3 is 2.35 bits per heavy atom. The molecule has 20 heavy (non-hydrogen) atoms. The Labute approximate surface area is 115 Å². The molecule has 6 nitrogen and oxygen atoms in total. The SMILES string of the molecule is O=C(c1ccc(B(O)O)cc1F)N1CCS(=O)(=O)CC1. The van der Waals surface area contributed by atoms with Crippen LogP contribution in [0.1, 0.15) is 10.4 Å². The van der Waals surface area contributed by atoms with E-state index < -0.39 is 28.7 Å². The number of hydrogen-bond donors (Lipinski definition) is 2. The van der Waals surface area contributed by atoms with Crippen molar-refractivity contribution in [1.29, 1.82) is 0 Å². The number of nitrogens with zero attached hydrogens (tertiary/aromatic N) is 1. The summed E-state index contributed by atoms with van der Waals surface area (Å²) in [6.45, 7) is 0.0654. The maximum atomic E-state index is 13.8. The van der Waals surface area contributed by atoms with Crippen LogP contribution in [0.4, 0.5) is 4.39 Å². The molecule has 1 fully saturated rings. The highest BCUT2D eigenvalue weighted by Crippen LogP contribution is 2.12. The lowest BCUT2D eigenvalue weighted by Crippen LogP contribution is -2.44. The van der Waals surface area contributed by atoms with E-state index in [4.69, 9.17) is 10.0 Å². The number of carbonyl (C=O) groups excluding carboxylic acids is 1. The fourth-order valence-electron chi connectivity index (χ4n) is 1.95. The third kappa shape index (κ3) is 3.17. The van der Waals surface area contributed by atoms with Crippen LogP contribution in [0.2, 0.25) is 0 Å². The Kier molecular flexibility index (Phi) is 4.12. The second-order valence-corrected chi connectivity index (χ2v) is 6.86. The number of rotatable bonds is 2. The topological polar surface area (TPSA) is 94.9 Å². The van der Waals surface area contributed by atoms with Crippen LogP contribution in [-0.4, -0.2) is 61.0 Å². The summed E-state index contributed by atoms with van der Waals surface area (Å²) in [5, 5.41) is 17.8. The van der Waals surface area contributed by atoms with Crippen LogP contribution in [0.5, 0.6) is 0 Å². The highest BCUT2D eigenvalue weighted by Gasteiger charge is 2.27. The quantitative estimate of drug-likeness (QED) is 0.640. The zero-order chi connectivity index (χ0) is 14.9. The van der Waals surface area contributed by atoms with Crippen molar-refractivity contribution in [2.75, 3.05) is 24.6 Å². The lowest BCUT2D eigenvalue weighted by atomic mass is 9.80. The van der Waals surface area contributed by atoms with Crippen molar-refractivity contribution in [2.24, 2.45) is 0 Å². The summed E-state index contributed by atoms with van der Waals surface area (Å²) < 4.78 is 36.3. The molecule has 9 heteroatoms. The molecule has 1 amide bonds. The molecule has 108 valence electrons. The Balaban J connectivity index is 2.18. The van der Waals surface area contributed by atoms with Gasteiger partial charge in [0.05, 0.1) is 17.1 Å². The van der Waals surface area contributed by atoms with Gasteiger partial charge in [-0.1, -0.05) is 6.07 Å². The number of hydrogen-bond acceptors (Lipinski definition) is 5. The normalized spacial score (nSPS) is 17.9. The van der Waals surface area contributed by atoms with E-state index in [0.29, 0.717) is 0 Å². The van der Waals surface area contributed by atoms with Gasteiger partial charge in [-0.3, -0.25) is 4.79 Å². The van der Waals surface area contributed by atoms with Gasteiger partial charge >= 0.3 is 7.12 Å². The van der Waals surface area contributed by atoms with Crippen molar-refractivity contribution in [3.05, 3.63) is 29.6 Å². The third-order valence-electron chi connectivity index (χ3n) is 3.15. The fraction of sp³-hybridized carbons (Fsp3) is 0.364. The van der Waals surface area contributed by atoms with Gasteiger partial charge in [0.1, 0.15) is 5.82 Å². The minimum Gasteiger partial charge on any atom is -0.423 e. The second-order valence-electron chi connectivity index (χ2n) is 4.56. The van der Waals surface area contributed by atoms with Crippen LogP contribution >= 0.6 is 0 Å². The number of benzene rings is 1. The van der Waals surface area contributed by atoms with Crippen LogP contribution in [0.25, 0.3) is 0 Å². The minimum atomic E-state index is -3.11. The van der Waals surface area contributed by atoms with E-state index in [0.717, 1.165) is 12.1 Å². The molecule has 2 rings (SSSR count). The van der Waals surface area contributed by atoms with Crippen LogP contribution in [-0.2, 0) is 9.84 Å². The molecular weight excluding hydrogens is 288 g/mol. The van der Waals surface area contributed by atoms with Crippen molar-refractivity contribution in [2.45, 2.75) is 0 Å². The molecule has 1 heterocycles. The number of amides is 1. The zero-order valence-electron chi connectivity index (χ0n) is 10.5. The molecule has 1 aromatic carbocycles. The molecule has 1 saturated heterocycles. The van der Waals surface area contributed by atoms with Crippen LogP contribution < -0.4 is 5.46 Å². The Hall–Kier alpha value is -1.45. The summed E-state index contributed by atoms with van der Waals surface area (Å²) in [4.78, 5) is 13.4. The van der Waals surface area contributed by atoms with Crippen LogP contribution in [0.3, 0.4) is 0 Å². The van der Waals surface area contributed by atoms with Crippen molar-refractivity contribution in [3.63, 3.8) is 0 Å². The van der Waals surface area contributed by atoms with Crippen molar-refractivity contribution in [3.8, 4) is 0 Å². The van der Waals surface area contributed by atoms with E-state index >= 15 is 0 Å². The molecule has 1 aliphatic rings. The molecule has 0 aliphatic carbocycles. The first-order valence-corrected chi connectivity index (χ1v) is 7.77. The standard InChI is InChI=1S/C11H13BFNO5S/c13-10-7-8(12(16)17)1-2-9(10)11(15)14-3-5-20(18,19)6-4-14/h1-2,7,16-17H,3-6H2. The van der Waals surface area contributed by atoms with Gasteiger partial charge in [0, 0.05) is 13.1 Å². The van der Waals surface area contributed by atoms with Crippen molar-refractivity contribution >= 4 is 28.3 Å². The monoisotopic (exact) mass is 301 g/mol. The maximum Gasteiger partial charge on any atom is 0.488 e. The van der Waals surface area contributed by atoms with Gasteiger partial charge in [-0.15, -0.1) is 0 Å². The van der Waals surface area contributed by atoms with Crippen molar-refractivity contribution in [1.82, 2.24) is 4.90 Å². The molecule has 1 aromatic rings. The van der Waals surface area contributed by atoms with E-state index in [1.807, 2.05) is 0 Å². The smallest absolute Gasteiger partial charge is 0.423 e. The zero-order valence-corrected chi connectivity index (χ0v) is 11.3. The highest BCUT2D eigenvalue weighted by atomic mass is 32.2. The minimum absolute atomic E-state index is 0.0327. The third-order valence-corrected chi connectivity index (χ3v) is 4.76.